The molecule has 27 heavy (non-hydrogen) atoms. The minimum Gasteiger partial charge on any atom is -0.465 e. The fourth-order valence-corrected chi connectivity index (χ4v) is 4.34. The van der Waals surface area contributed by atoms with E-state index in [1.807, 2.05) is 30.3 Å². The van der Waals surface area contributed by atoms with Gasteiger partial charge in [0.2, 0.25) is 5.91 Å². The molecule has 2 aliphatic heterocycles. The molecule has 0 saturated carbocycles. The summed E-state index contributed by atoms with van der Waals surface area (Å²) in [7, 11) is 1.39. The molecule has 2 aliphatic rings. The molecule has 140 valence electrons. The van der Waals surface area contributed by atoms with Crippen molar-refractivity contribution in [1.29, 1.82) is 0 Å². The van der Waals surface area contributed by atoms with Crippen LogP contribution in [0.2, 0.25) is 0 Å². The Labute approximate surface area is 162 Å². The van der Waals surface area contributed by atoms with Crippen molar-refractivity contribution >= 4 is 35.2 Å². The molecule has 0 radical (unpaired) electrons. The van der Waals surface area contributed by atoms with Crippen molar-refractivity contribution in [3.05, 3.63) is 53.6 Å². The van der Waals surface area contributed by atoms with E-state index in [0.717, 1.165) is 43.1 Å². The molecule has 0 spiro atoms. The molecule has 1 saturated heterocycles. The van der Waals surface area contributed by atoms with E-state index in [1.54, 1.807) is 11.9 Å². The number of methoxy groups -OCH3 is 1. The summed E-state index contributed by atoms with van der Waals surface area (Å²) in [5.74, 6) is -0.243. The third-order valence-corrected chi connectivity index (χ3v) is 5.92. The molecule has 2 heterocycles. The third-order valence-electron chi connectivity index (χ3n) is 4.83. The van der Waals surface area contributed by atoms with E-state index in [-0.39, 0.29) is 11.9 Å². The molecule has 4 rings (SSSR count). The van der Waals surface area contributed by atoms with Crippen LogP contribution in [0.5, 0.6) is 0 Å². The van der Waals surface area contributed by atoms with Crippen LogP contribution in [0.25, 0.3) is 0 Å². The molecule has 6 nitrogen and oxygen atoms in total. The molecule has 1 amide bonds. The van der Waals surface area contributed by atoms with Gasteiger partial charge >= 0.3 is 5.97 Å². The van der Waals surface area contributed by atoms with Crippen LogP contribution in [-0.2, 0) is 16.0 Å². The van der Waals surface area contributed by atoms with E-state index >= 15 is 0 Å². The zero-order valence-corrected chi connectivity index (χ0v) is 15.9. The fraction of sp³-hybridized carbons (Fsp3) is 0.300. The number of hydrogen-bond acceptors (Lipinski definition) is 6. The molecule has 0 bridgehead atoms. The van der Waals surface area contributed by atoms with Gasteiger partial charge in [-0.05, 0) is 60.0 Å². The molecule has 0 atom stereocenters. The Hall–Kier alpha value is -2.51. The number of ether oxygens (including phenoxy) is 1. The molecule has 2 aromatic rings. The maximum atomic E-state index is 11.5. The summed E-state index contributed by atoms with van der Waals surface area (Å²) >= 11 is 1.74. The van der Waals surface area contributed by atoms with E-state index in [1.165, 1.54) is 12.0 Å². The Bertz CT molecular complexity index is 861. The lowest BCUT2D eigenvalue weighted by atomic mass is 10.2. The lowest BCUT2D eigenvalue weighted by Crippen LogP contribution is -2.43. The highest BCUT2D eigenvalue weighted by Crippen LogP contribution is 2.31. The minimum atomic E-state index is -0.311. The number of piperazine rings is 1. The quantitative estimate of drug-likeness (QED) is 0.647. The van der Waals surface area contributed by atoms with Crippen LogP contribution in [-0.4, -0.2) is 49.5 Å². The minimum absolute atomic E-state index is 0.0685. The van der Waals surface area contributed by atoms with Crippen molar-refractivity contribution in [3.8, 4) is 0 Å². The molecule has 0 aliphatic carbocycles. The van der Waals surface area contributed by atoms with E-state index in [9.17, 15) is 9.59 Å². The van der Waals surface area contributed by atoms with Gasteiger partial charge < -0.3 is 15.0 Å². The lowest BCUT2D eigenvalue weighted by molar-refractivity contribution is -0.115. The smallest absolute Gasteiger partial charge is 0.337 e. The summed E-state index contributed by atoms with van der Waals surface area (Å²) in [6.07, 6.45) is 0.471. The Kier molecular flexibility index (Phi) is 5.05. The normalized spacial score (nSPS) is 16.8. The molecule has 1 N–H and O–H groups in total. The number of nitrogens with one attached hydrogen (secondary N) is 1. The van der Waals surface area contributed by atoms with E-state index < -0.39 is 0 Å². The highest BCUT2D eigenvalue weighted by atomic mass is 32.2. The number of anilines is 2. The second-order valence-corrected chi connectivity index (χ2v) is 7.76. The highest BCUT2D eigenvalue weighted by molar-refractivity contribution is 7.97. The summed E-state index contributed by atoms with van der Waals surface area (Å²) in [5.41, 5.74) is 3.70. The van der Waals surface area contributed by atoms with Gasteiger partial charge in [0, 0.05) is 42.4 Å². The molecule has 0 aromatic heterocycles. The molecule has 1 fully saturated rings. The Morgan fingerprint density at radius 3 is 2.52 bits per heavy atom. The summed E-state index contributed by atoms with van der Waals surface area (Å²) < 4.78 is 7.09. The van der Waals surface area contributed by atoms with Gasteiger partial charge in [-0.25, -0.2) is 9.10 Å². The van der Waals surface area contributed by atoms with Crippen LogP contribution in [0.1, 0.15) is 15.9 Å². The summed E-state index contributed by atoms with van der Waals surface area (Å²) in [6.45, 7) is 3.74. The summed E-state index contributed by atoms with van der Waals surface area (Å²) in [6, 6.07) is 13.7. The number of carbonyl (C=O) groups is 2. The molecule has 7 heteroatoms. The SMILES string of the molecule is COC(=O)c1ccc(N2CCN(Sc3ccc4c(c3)CC(=O)N4)CC2)cc1. The van der Waals surface area contributed by atoms with E-state index in [4.69, 9.17) is 4.74 Å². The number of esters is 1. The zero-order valence-electron chi connectivity index (χ0n) is 15.1. The Balaban J connectivity index is 1.33. The number of rotatable bonds is 4. The lowest BCUT2D eigenvalue weighted by Gasteiger charge is -2.35. The topological polar surface area (TPSA) is 61.9 Å². The molecular weight excluding hydrogens is 362 g/mol. The second-order valence-electron chi connectivity index (χ2n) is 6.59. The Morgan fingerprint density at radius 1 is 1.07 bits per heavy atom. The van der Waals surface area contributed by atoms with Gasteiger partial charge in [-0.1, -0.05) is 0 Å². The number of fused-ring (bicyclic) bond motifs is 1. The first-order valence-electron chi connectivity index (χ1n) is 8.91. The number of carbonyl (C=O) groups excluding carboxylic acids is 2. The first-order chi connectivity index (χ1) is 13.1. The predicted molar refractivity (Wildman–Crippen MR) is 106 cm³/mol. The Morgan fingerprint density at radius 2 is 1.81 bits per heavy atom. The van der Waals surface area contributed by atoms with Crippen LogP contribution in [0.3, 0.4) is 0 Å². The molecule has 0 unspecified atom stereocenters. The fourth-order valence-electron chi connectivity index (χ4n) is 3.38. The predicted octanol–water partition coefficient (Wildman–Crippen LogP) is 2.80. The standard InChI is InChI=1S/C20H21N3O3S/c1-26-20(25)14-2-4-16(5-3-14)22-8-10-23(11-9-22)27-17-6-7-18-15(12-17)13-19(24)21-18/h2-7,12H,8-11,13H2,1H3,(H,21,24). The van der Waals surface area contributed by atoms with E-state index in [0.29, 0.717) is 12.0 Å². The van der Waals surface area contributed by atoms with Gasteiger partial charge in [0.15, 0.2) is 0 Å². The van der Waals surface area contributed by atoms with Crippen molar-refractivity contribution < 1.29 is 14.3 Å². The first-order valence-corrected chi connectivity index (χ1v) is 9.69. The average Bonchev–Trinajstić information content (AvgIpc) is 3.07. The summed E-state index contributed by atoms with van der Waals surface area (Å²) in [5, 5.41) is 2.87. The largest absolute Gasteiger partial charge is 0.465 e. The summed E-state index contributed by atoms with van der Waals surface area (Å²) in [4.78, 5) is 26.5. The van der Waals surface area contributed by atoms with Gasteiger partial charge in [0.1, 0.15) is 0 Å². The van der Waals surface area contributed by atoms with Gasteiger partial charge in [0.25, 0.3) is 0 Å². The van der Waals surface area contributed by atoms with Crippen LogP contribution >= 0.6 is 11.9 Å². The van der Waals surface area contributed by atoms with Gasteiger partial charge in [0.05, 0.1) is 19.1 Å². The van der Waals surface area contributed by atoms with E-state index in [2.05, 4.69) is 26.7 Å². The maximum absolute atomic E-state index is 11.5. The second kappa shape index (κ2) is 7.62. The zero-order chi connectivity index (χ0) is 18.8. The van der Waals surface area contributed by atoms with Crippen LogP contribution in [0, 0.1) is 0 Å². The number of benzene rings is 2. The number of amides is 1. The highest BCUT2D eigenvalue weighted by Gasteiger charge is 2.21. The van der Waals surface area contributed by atoms with Crippen LogP contribution in [0.4, 0.5) is 11.4 Å². The van der Waals surface area contributed by atoms with Crippen molar-refractivity contribution in [2.24, 2.45) is 0 Å². The van der Waals surface area contributed by atoms with Crippen molar-refractivity contribution in [1.82, 2.24) is 4.31 Å². The number of nitrogens with zero attached hydrogens (tertiary/aromatic N) is 2. The van der Waals surface area contributed by atoms with Gasteiger partial charge in [-0.15, -0.1) is 0 Å². The average molecular weight is 383 g/mol. The first kappa shape index (κ1) is 17.9. The van der Waals surface area contributed by atoms with Crippen molar-refractivity contribution in [3.63, 3.8) is 0 Å². The van der Waals surface area contributed by atoms with Gasteiger partial charge in [-0.3, -0.25) is 4.79 Å². The molecular formula is C20H21N3O3S. The maximum Gasteiger partial charge on any atom is 0.337 e. The third kappa shape index (κ3) is 3.94. The van der Waals surface area contributed by atoms with Crippen molar-refractivity contribution in [2.45, 2.75) is 11.3 Å². The van der Waals surface area contributed by atoms with Gasteiger partial charge in [-0.2, -0.15) is 0 Å². The monoisotopic (exact) mass is 383 g/mol. The number of hydrogen-bond donors (Lipinski definition) is 1. The van der Waals surface area contributed by atoms with Crippen LogP contribution < -0.4 is 10.2 Å². The van der Waals surface area contributed by atoms with Crippen molar-refractivity contribution in [2.75, 3.05) is 43.5 Å². The van der Waals surface area contributed by atoms with Crippen LogP contribution in [0.15, 0.2) is 47.4 Å². The molecule has 2 aromatic carbocycles.